The Bertz CT molecular complexity index is 545. The summed E-state index contributed by atoms with van der Waals surface area (Å²) < 4.78 is 35.1. The molecule has 1 aromatic rings. The molecule has 2 rings (SSSR count). The van der Waals surface area contributed by atoms with E-state index in [1.807, 2.05) is 38.1 Å². The Morgan fingerprint density at radius 3 is 2.60 bits per heavy atom. The van der Waals surface area contributed by atoms with Gasteiger partial charge >= 0.3 is 0 Å². The van der Waals surface area contributed by atoms with Crippen molar-refractivity contribution in [2.75, 3.05) is 19.7 Å². The number of rotatable bonds is 4. The number of halogens is 1. The number of hydrogen-bond acceptors (Lipinski definition) is 3. The summed E-state index contributed by atoms with van der Waals surface area (Å²) in [6, 6.07) is 7.63. The van der Waals surface area contributed by atoms with Crippen LogP contribution in [-0.2, 0) is 14.9 Å². The standard InChI is InChI=1S/C13H19BrN2O3S/c1-10(2)15-20(17,18)16-7-8-19-13(9-16)11-3-5-12(14)6-4-11/h3-6,10,13,15H,7-9H2,1-2H3. The summed E-state index contributed by atoms with van der Waals surface area (Å²) in [4.78, 5) is 0. The molecule has 1 unspecified atom stereocenters. The molecule has 0 bridgehead atoms. The minimum atomic E-state index is -3.44. The molecule has 1 atom stereocenters. The van der Waals surface area contributed by atoms with Gasteiger partial charge in [0.15, 0.2) is 0 Å². The topological polar surface area (TPSA) is 58.6 Å². The van der Waals surface area contributed by atoms with E-state index in [0.29, 0.717) is 19.7 Å². The third kappa shape index (κ3) is 4.02. The number of morpholine rings is 1. The molecule has 0 aromatic heterocycles. The zero-order valence-electron chi connectivity index (χ0n) is 11.5. The third-order valence-electron chi connectivity index (χ3n) is 3.00. The van der Waals surface area contributed by atoms with Crippen LogP contribution in [0.2, 0.25) is 0 Å². The van der Waals surface area contributed by atoms with Gasteiger partial charge in [0.1, 0.15) is 0 Å². The van der Waals surface area contributed by atoms with Gasteiger partial charge in [0.25, 0.3) is 10.2 Å². The molecule has 1 heterocycles. The second-order valence-electron chi connectivity index (χ2n) is 5.05. The minimum Gasteiger partial charge on any atom is -0.371 e. The Kier molecular flexibility index (Phi) is 5.19. The Labute approximate surface area is 128 Å². The van der Waals surface area contributed by atoms with Crippen LogP contribution in [0.3, 0.4) is 0 Å². The molecule has 5 nitrogen and oxygen atoms in total. The van der Waals surface area contributed by atoms with Gasteiger partial charge in [-0.25, -0.2) is 0 Å². The number of ether oxygens (including phenoxy) is 1. The molecule has 0 amide bonds. The highest BCUT2D eigenvalue weighted by Gasteiger charge is 2.30. The third-order valence-corrected chi connectivity index (χ3v) is 5.30. The summed E-state index contributed by atoms with van der Waals surface area (Å²) in [5, 5.41) is 0. The normalized spacial score (nSPS) is 21.3. The maximum absolute atomic E-state index is 12.2. The molecule has 1 aliphatic rings. The van der Waals surface area contributed by atoms with Gasteiger partial charge in [-0.2, -0.15) is 17.4 Å². The summed E-state index contributed by atoms with van der Waals surface area (Å²) in [6.45, 7) is 4.74. The van der Waals surface area contributed by atoms with Crippen LogP contribution in [0, 0.1) is 0 Å². The summed E-state index contributed by atoms with van der Waals surface area (Å²) in [5.74, 6) is 0. The summed E-state index contributed by atoms with van der Waals surface area (Å²) in [5.41, 5.74) is 0.984. The van der Waals surface area contributed by atoms with E-state index in [0.717, 1.165) is 10.0 Å². The highest BCUT2D eigenvalue weighted by molar-refractivity contribution is 9.10. The monoisotopic (exact) mass is 362 g/mol. The Morgan fingerprint density at radius 2 is 2.00 bits per heavy atom. The first-order valence-corrected chi connectivity index (χ1v) is 8.76. The van der Waals surface area contributed by atoms with Gasteiger partial charge in [0.2, 0.25) is 0 Å². The molecule has 20 heavy (non-hydrogen) atoms. The lowest BCUT2D eigenvalue weighted by Crippen LogP contribution is -2.49. The minimum absolute atomic E-state index is 0.117. The van der Waals surface area contributed by atoms with E-state index in [4.69, 9.17) is 4.74 Å². The first-order valence-electron chi connectivity index (χ1n) is 6.53. The fourth-order valence-corrected chi connectivity index (χ4v) is 3.75. The first-order chi connectivity index (χ1) is 9.38. The second kappa shape index (κ2) is 6.53. The van der Waals surface area contributed by atoms with Crippen molar-refractivity contribution in [1.82, 2.24) is 9.03 Å². The number of benzene rings is 1. The van der Waals surface area contributed by atoms with Crippen LogP contribution in [0.4, 0.5) is 0 Å². The van der Waals surface area contributed by atoms with Gasteiger partial charge in [-0.05, 0) is 31.5 Å². The van der Waals surface area contributed by atoms with E-state index >= 15 is 0 Å². The van der Waals surface area contributed by atoms with Crippen molar-refractivity contribution in [3.05, 3.63) is 34.3 Å². The van der Waals surface area contributed by atoms with E-state index in [1.54, 1.807) is 0 Å². The van der Waals surface area contributed by atoms with Crippen molar-refractivity contribution in [3.8, 4) is 0 Å². The van der Waals surface area contributed by atoms with E-state index in [-0.39, 0.29) is 12.1 Å². The second-order valence-corrected chi connectivity index (χ2v) is 7.66. The predicted molar refractivity (Wildman–Crippen MR) is 81.6 cm³/mol. The zero-order valence-corrected chi connectivity index (χ0v) is 13.9. The van der Waals surface area contributed by atoms with E-state index in [9.17, 15) is 8.42 Å². The molecule has 0 aliphatic carbocycles. The van der Waals surface area contributed by atoms with Gasteiger partial charge in [0.05, 0.1) is 12.7 Å². The van der Waals surface area contributed by atoms with Crippen molar-refractivity contribution < 1.29 is 13.2 Å². The van der Waals surface area contributed by atoms with Crippen molar-refractivity contribution in [3.63, 3.8) is 0 Å². The van der Waals surface area contributed by atoms with Crippen LogP contribution in [0.15, 0.2) is 28.7 Å². The maximum atomic E-state index is 12.2. The van der Waals surface area contributed by atoms with Gasteiger partial charge in [-0.3, -0.25) is 0 Å². The molecule has 1 fully saturated rings. The quantitative estimate of drug-likeness (QED) is 0.891. The van der Waals surface area contributed by atoms with Gasteiger partial charge in [0, 0.05) is 23.6 Å². The van der Waals surface area contributed by atoms with Crippen LogP contribution >= 0.6 is 15.9 Å². The van der Waals surface area contributed by atoms with E-state index in [2.05, 4.69) is 20.7 Å². The molecule has 112 valence electrons. The lowest BCUT2D eigenvalue weighted by molar-refractivity contribution is -0.00299. The fraction of sp³-hybridized carbons (Fsp3) is 0.538. The molecular weight excluding hydrogens is 344 g/mol. The molecule has 7 heteroatoms. The SMILES string of the molecule is CC(C)NS(=O)(=O)N1CCOC(c2ccc(Br)cc2)C1. The first kappa shape index (κ1) is 15.9. The van der Waals surface area contributed by atoms with Crippen molar-refractivity contribution >= 4 is 26.1 Å². The smallest absolute Gasteiger partial charge is 0.279 e. The molecule has 1 aliphatic heterocycles. The van der Waals surface area contributed by atoms with Crippen LogP contribution in [0.5, 0.6) is 0 Å². The molecule has 1 saturated heterocycles. The molecule has 1 N–H and O–H groups in total. The lowest BCUT2D eigenvalue weighted by atomic mass is 10.1. The Hall–Kier alpha value is -0.470. The highest BCUT2D eigenvalue weighted by Crippen LogP contribution is 2.24. The Morgan fingerprint density at radius 1 is 1.35 bits per heavy atom. The largest absolute Gasteiger partial charge is 0.371 e. The van der Waals surface area contributed by atoms with Gasteiger partial charge < -0.3 is 4.74 Å². The molecule has 1 aromatic carbocycles. The molecule has 0 saturated carbocycles. The zero-order chi connectivity index (χ0) is 14.8. The van der Waals surface area contributed by atoms with Crippen molar-refractivity contribution in [2.24, 2.45) is 0 Å². The van der Waals surface area contributed by atoms with Crippen molar-refractivity contribution in [2.45, 2.75) is 26.0 Å². The summed E-state index contributed by atoms with van der Waals surface area (Å²) >= 11 is 3.38. The maximum Gasteiger partial charge on any atom is 0.279 e. The average molecular weight is 363 g/mol. The van der Waals surface area contributed by atoms with Crippen LogP contribution in [0.1, 0.15) is 25.5 Å². The Balaban J connectivity index is 2.10. The van der Waals surface area contributed by atoms with Gasteiger partial charge in [-0.15, -0.1) is 0 Å². The number of nitrogens with one attached hydrogen (secondary N) is 1. The van der Waals surface area contributed by atoms with Crippen LogP contribution in [0.25, 0.3) is 0 Å². The van der Waals surface area contributed by atoms with Crippen molar-refractivity contribution in [1.29, 1.82) is 0 Å². The predicted octanol–water partition coefficient (Wildman–Crippen LogP) is 2.07. The summed E-state index contributed by atoms with van der Waals surface area (Å²) in [7, 11) is -3.44. The number of nitrogens with zero attached hydrogens (tertiary/aromatic N) is 1. The fourth-order valence-electron chi connectivity index (χ4n) is 2.10. The van der Waals surface area contributed by atoms with E-state index in [1.165, 1.54) is 4.31 Å². The lowest BCUT2D eigenvalue weighted by Gasteiger charge is -2.32. The highest BCUT2D eigenvalue weighted by atomic mass is 79.9. The summed E-state index contributed by atoms with van der Waals surface area (Å²) in [6.07, 6.45) is -0.222. The van der Waals surface area contributed by atoms with Crippen LogP contribution in [-0.4, -0.2) is 38.5 Å². The molecule has 0 spiro atoms. The van der Waals surface area contributed by atoms with Gasteiger partial charge in [-0.1, -0.05) is 28.1 Å². The van der Waals surface area contributed by atoms with Crippen LogP contribution < -0.4 is 4.72 Å². The molecule has 0 radical (unpaired) electrons. The average Bonchev–Trinajstić information content (AvgIpc) is 2.38. The molecular formula is C13H19BrN2O3S. The van der Waals surface area contributed by atoms with E-state index < -0.39 is 10.2 Å². The number of hydrogen-bond donors (Lipinski definition) is 1.